The Labute approximate surface area is 106 Å². The fraction of sp³-hybridized carbons (Fsp3) is 0.444. The zero-order chi connectivity index (χ0) is 13.2. The van der Waals surface area contributed by atoms with Crippen molar-refractivity contribution in [2.24, 2.45) is 0 Å². The molecule has 17 heavy (non-hydrogen) atoms. The molecule has 1 heterocycles. The first-order valence-electron chi connectivity index (χ1n) is 4.47. The molecule has 0 spiro atoms. The van der Waals surface area contributed by atoms with Gasteiger partial charge in [-0.25, -0.2) is 4.98 Å². The summed E-state index contributed by atoms with van der Waals surface area (Å²) in [6.45, 7) is 0. The van der Waals surface area contributed by atoms with Crippen LogP contribution in [-0.2, 0) is 6.18 Å². The van der Waals surface area contributed by atoms with E-state index < -0.39 is 29.5 Å². The van der Waals surface area contributed by atoms with E-state index >= 15 is 0 Å². The number of rotatable bonds is 3. The van der Waals surface area contributed by atoms with Gasteiger partial charge in [0.25, 0.3) is 0 Å². The van der Waals surface area contributed by atoms with Gasteiger partial charge in [-0.3, -0.25) is 0 Å². The van der Waals surface area contributed by atoms with Crippen molar-refractivity contribution >= 4 is 24.2 Å². The van der Waals surface area contributed by atoms with Crippen molar-refractivity contribution in [3.63, 3.8) is 0 Å². The maximum atomic E-state index is 12.6. The molecule has 2 N–H and O–H groups in total. The van der Waals surface area contributed by atoms with E-state index in [4.69, 9.17) is 11.6 Å². The average molecular weight is 288 g/mol. The standard InChI is InChI=1S/C9H9ClF3NO2S/c10-7-1-4(8(16)6(15)3-17)5(2-14-7)9(11,12)13/h1-2,6,8,15-17H,3H2. The average Bonchev–Trinajstić information content (AvgIpc) is 2.25. The molecule has 3 nitrogen and oxygen atoms in total. The number of hydrogen-bond donors (Lipinski definition) is 3. The van der Waals surface area contributed by atoms with Crippen LogP contribution in [0.15, 0.2) is 12.3 Å². The van der Waals surface area contributed by atoms with Gasteiger partial charge < -0.3 is 10.2 Å². The third-order valence-electron chi connectivity index (χ3n) is 2.08. The van der Waals surface area contributed by atoms with Crippen LogP contribution in [0.4, 0.5) is 13.2 Å². The van der Waals surface area contributed by atoms with Gasteiger partial charge in [-0.1, -0.05) is 11.6 Å². The Morgan fingerprint density at radius 1 is 1.41 bits per heavy atom. The molecule has 0 bridgehead atoms. The lowest BCUT2D eigenvalue weighted by atomic mass is 10.0. The molecule has 0 amide bonds. The predicted octanol–water partition coefficient (Wildman–Crippen LogP) is 2.08. The highest BCUT2D eigenvalue weighted by Gasteiger charge is 2.36. The molecule has 0 aliphatic heterocycles. The van der Waals surface area contributed by atoms with Crippen LogP contribution in [0.25, 0.3) is 0 Å². The number of alkyl halides is 3. The molecule has 96 valence electrons. The van der Waals surface area contributed by atoms with Gasteiger partial charge in [-0.05, 0) is 11.6 Å². The lowest BCUT2D eigenvalue weighted by molar-refractivity contribution is -0.140. The summed E-state index contributed by atoms with van der Waals surface area (Å²) in [5, 5.41) is 18.7. The largest absolute Gasteiger partial charge is 0.418 e. The summed E-state index contributed by atoms with van der Waals surface area (Å²) >= 11 is 9.17. The molecule has 1 rings (SSSR count). The zero-order valence-electron chi connectivity index (χ0n) is 8.32. The highest BCUT2D eigenvalue weighted by atomic mass is 35.5. The Bertz CT molecular complexity index is 402. The van der Waals surface area contributed by atoms with Crippen molar-refractivity contribution in [3.05, 3.63) is 28.5 Å². The van der Waals surface area contributed by atoms with E-state index in [9.17, 15) is 23.4 Å². The van der Waals surface area contributed by atoms with Gasteiger partial charge in [0.15, 0.2) is 0 Å². The van der Waals surface area contributed by atoms with Crippen molar-refractivity contribution in [3.8, 4) is 0 Å². The summed E-state index contributed by atoms with van der Waals surface area (Å²) in [6, 6.07) is 0.877. The van der Waals surface area contributed by atoms with Crippen molar-refractivity contribution in [1.29, 1.82) is 0 Å². The van der Waals surface area contributed by atoms with Crippen LogP contribution in [0.5, 0.6) is 0 Å². The van der Waals surface area contributed by atoms with E-state index in [0.29, 0.717) is 6.20 Å². The normalized spacial score (nSPS) is 15.7. The van der Waals surface area contributed by atoms with Crippen LogP contribution < -0.4 is 0 Å². The molecule has 0 radical (unpaired) electrons. The van der Waals surface area contributed by atoms with Gasteiger partial charge in [0.2, 0.25) is 0 Å². The van der Waals surface area contributed by atoms with E-state index in [1.807, 2.05) is 0 Å². The summed E-state index contributed by atoms with van der Waals surface area (Å²) < 4.78 is 37.8. The smallest absolute Gasteiger partial charge is 0.389 e. The fourth-order valence-corrected chi connectivity index (χ4v) is 1.60. The molecule has 1 aromatic heterocycles. The summed E-state index contributed by atoms with van der Waals surface area (Å²) in [4.78, 5) is 3.31. The molecule has 2 atom stereocenters. The van der Waals surface area contributed by atoms with Crippen LogP contribution in [0.1, 0.15) is 17.2 Å². The third kappa shape index (κ3) is 3.48. The van der Waals surface area contributed by atoms with Crippen LogP contribution in [0, 0.1) is 0 Å². The van der Waals surface area contributed by atoms with Crippen LogP contribution in [-0.4, -0.2) is 27.1 Å². The quantitative estimate of drug-likeness (QED) is 0.589. The molecule has 0 aromatic carbocycles. The highest BCUT2D eigenvalue weighted by Crippen LogP contribution is 2.36. The lowest BCUT2D eigenvalue weighted by Gasteiger charge is -2.20. The first-order valence-corrected chi connectivity index (χ1v) is 5.48. The number of thiol groups is 1. The number of halogens is 4. The predicted molar refractivity (Wildman–Crippen MR) is 59.1 cm³/mol. The third-order valence-corrected chi connectivity index (χ3v) is 2.66. The monoisotopic (exact) mass is 287 g/mol. The molecule has 2 unspecified atom stereocenters. The second kappa shape index (κ2) is 5.43. The summed E-state index contributed by atoms with van der Waals surface area (Å²) in [7, 11) is 0. The van der Waals surface area contributed by atoms with Gasteiger partial charge in [0.1, 0.15) is 11.3 Å². The van der Waals surface area contributed by atoms with Crippen molar-refractivity contribution in [1.82, 2.24) is 4.98 Å². The SMILES string of the molecule is OC(CS)C(O)c1cc(Cl)ncc1C(F)(F)F. The first-order chi connectivity index (χ1) is 7.77. The Kier molecular flexibility index (Phi) is 4.65. The van der Waals surface area contributed by atoms with Gasteiger partial charge in [-0.2, -0.15) is 25.8 Å². The number of pyridine rings is 1. The summed E-state index contributed by atoms with van der Waals surface area (Å²) in [6.07, 6.45) is -7.29. The summed E-state index contributed by atoms with van der Waals surface area (Å²) in [5.41, 5.74) is -1.64. The number of aromatic nitrogens is 1. The molecular formula is C9H9ClF3NO2S. The van der Waals surface area contributed by atoms with Crippen molar-refractivity contribution in [2.75, 3.05) is 5.75 Å². The van der Waals surface area contributed by atoms with Crippen molar-refractivity contribution < 1.29 is 23.4 Å². The second-order valence-electron chi connectivity index (χ2n) is 3.29. The minimum Gasteiger partial charge on any atom is -0.389 e. The summed E-state index contributed by atoms with van der Waals surface area (Å²) in [5.74, 6) is -0.182. The number of aliphatic hydroxyl groups is 2. The van der Waals surface area contributed by atoms with E-state index in [2.05, 4.69) is 17.6 Å². The Hall–Kier alpha value is -0.500. The Balaban J connectivity index is 3.25. The molecule has 0 aliphatic carbocycles. The highest BCUT2D eigenvalue weighted by molar-refractivity contribution is 7.80. The maximum absolute atomic E-state index is 12.6. The lowest BCUT2D eigenvalue weighted by Crippen LogP contribution is -2.23. The molecular weight excluding hydrogens is 279 g/mol. The Morgan fingerprint density at radius 3 is 2.47 bits per heavy atom. The molecule has 0 fully saturated rings. The van der Waals surface area contributed by atoms with Gasteiger partial charge in [-0.15, -0.1) is 0 Å². The van der Waals surface area contributed by atoms with Crippen LogP contribution in [0.2, 0.25) is 5.15 Å². The van der Waals surface area contributed by atoms with Crippen LogP contribution in [0.3, 0.4) is 0 Å². The van der Waals surface area contributed by atoms with Crippen LogP contribution >= 0.6 is 24.2 Å². The number of hydrogen-bond acceptors (Lipinski definition) is 4. The molecule has 8 heteroatoms. The fourth-order valence-electron chi connectivity index (χ4n) is 1.23. The van der Waals surface area contributed by atoms with Gasteiger partial charge >= 0.3 is 6.18 Å². The maximum Gasteiger partial charge on any atom is 0.418 e. The zero-order valence-corrected chi connectivity index (χ0v) is 9.97. The van der Waals surface area contributed by atoms with Crippen molar-refractivity contribution in [2.45, 2.75) is 18.4 Å². The number of aliphatic hydroxyl groups excluding tert-OH is 2. The molecule has 0 saturated carbocycles. The minimum absolute atomic E-state index is 0.182. The van der Waals surface area contributed by atoms with Gasteiger partial charge in [0, 0.05) is 11.9 Å². The minimum atomic E-state index is -4.68. The number of nitrogens with zero attached hydrogens (tertiary/aromatic N) is 1. The van der Waals surface area contributed by atoms with E-state index in [1.54, 1.807) is 0 Å². The molecule has 0 aliphatic rings. The first kappa shape index (κ1) is 14.6. The second-order valence-corrected chi connectivity index (χ2v) is 4.04. The van der Waals surface area contributed by atoms with E-state index in [0.717, 1.165) is 6.07 Å². The van der Waals surface area contributed by atoms with E-state index in [-0.39, 0.29) is 10.9 Å². The Morgan fingerprint density at radius 2 is 2.00 bits per heavy atom. The van der Waals surface area contributed by atoms with Gasteiger partial charge in [0.05, 0.1) is 11.7 Å². The van der Waals surface area contributed by atoms with E-state index in [1.165, 1.54) is 0 Å². The molecule has 0 saturated heterocycles. The molecule has 1 aromatic rings. The topological polar surface area (TPSA) is 53.4 Å².